The SMILES string of the molecule is C=CC(C1CCCC1)n1nc(Cl)ccc1=O. The summed E-state index contributed by atoms with van der Waals surface area (Å²) in [5.41, 5.74) is -0.110. The molecule has 0 N–H and O–H groups in total. The summed E-state index contributed by atoms with van der Waals surface area (Å²) in [6.07, 6.45) is 6.53. The molecule has 2 rings (SSSR count). The van der Waals surface area contributed by atoms with E-state index in [0.29, 0.717) is 11.1 Å². The minimum Gasteiger partial charge on any atom is -0.268 e. The highest BCUT2D eigenvalue weighted by molar-refractivity contribution is 6.29. The molecule has 1 aromatic heterocycles. The van der Waals surface area contributed by atoms with Gasteiger partial charge in [-0.1, -0.05) is 30.5 Å². The first kappa shape index (κ1) is 11.4. The van der Waals surface area contributed by atoms with Crippen LogP contribution in [0.15, 0.2) is 29.6 Å². The lowest BCUT2D eigenvalue weighted by Crippen LogP contribution is -2.29. The average Bonchev–Trinajstić information content (AvgIpc) is 2.78. The van der Waals surface area contributed by atoms with Gasteiger partial charge in [-0.25, -0.2) is 4.68 Å². The third-order valence-corrected chi connectivity index (χ3v) is 3.40. The van der Waals surface area contributed by atoms with Crippen LogP contribution in [0.25, 0.3) is 0 Å². The average molecular weight is 239 g/mol. The number of hydrogen-bond acceptors (Lipinski definition) is 2. The molecular formula is C12H15ClN2O. The second-order valence-electron chi connectivity index (χ2n) is 4.21. The van der Waals surface area contributed by atoms with Gasteiger partial charge in [0.15, 0.2) is 0 Å². The third kappa shape index (κ3) is 2.19. The molecule has 0 amide bonds. The van der Waals surface area contributed by atoms with Gasteiger partial charge < -0.3 is 0 Å². The maximum absolute atomic E-state index is 11.7. The summed E-state index contributed by atoms with van der Waals surface area (Å²) in [5, 5.41) is 4.44. The fourth-order valence-corrected chi connectivity index (χ4v) is 2.55. The maximum atomic E-state index is 11.7. The zero-order valence-electron chi connectivity index (χ0n) is 9.10. The van der Waals surface area contributed by atoms with Gasteiger partial charge in [0, 0.05) is 6.07 Å². The predicted octanol–water partition coefficient (Wildman–Crippen LogP) is 2.81. The summed E-state index contributed by atoms with van der Waals surface area (Å²) < 4.78 is 1.46. The monoisotopic (exact) mass is 238 g/mol. The number of rotatable bonds is 3. The first-order valence-corrected chi connectivity index (χ1v) is 5.98. The summed E-state index contributed by atoms with van der Waals surface area (Å²) in [6, 6.07) is 2.96. The predicted molar refractivity (Wildman–Crippen MR) is 64.7 cm³/mol. The van der Waals surface area contributed by atoms with Crippen molar-refractivity contribution in [2.75, 3.05) is 0 Å². The van der Waals surface area contributed by atoms with Crippen LogP contribution in [0, 0.1) is 5.92 Å². The van der Waals surface area contributed by atoms with E-state index in [1.54, 1.807) is 6.08 Å². The molecule has 0 aliphatic heterocycles. The Bertz CT molecular complexity index is 435. The van der Waals surface area contributed by atoms with Gasteiger partial charge in [-0.2, -0.15) is 5.10 Å². The summed E-state index contributed by atoms with van der Waals surface area (Å²) in [5.74, 6) is 0.473. The summed E-state index contributed by atoms with van der Waals surface area (Å²) in [4.78, 5) is 11.7. The third-order valence-electron chi connectivity index (χ3n) is 3.20. The Balaban J connectivity index is 2.35. The van der Waals surface area contributed by atoms with E-state index >= 15 is 0 Å². The van der Waals surface area contributed by atoms with Crippen molar-refractivity contribution in [3.05, 3.63) is 40.3 Å². The van der Waals surface area contributed by atoms with Crippen LogP contribution in [0.3, 0.4) is 0 Å². The molecule has 1 aliphatic rings. The molecule has 0 saturated heterocycles. The second-order valence-corrected chi connectivity index (χ2v) is 4.60. The maximum Gasteiger partial charge on any atom is 0.267 e. The van der Waals surface area contributed by atoms with E-state index in [9.17, 15) is 4.79 Å². The molecule has 0 aromatic carbocycles. The van der Waals surface area contributed by atoms with Crippen molar-refractivity contribution in [3.8, 4) is 0 Å². The highest BCUT2D eigenvalue weighted by Crippen LogP contribution is 2.33. The number of allylic oxidation sites excluding steroid dienone is 1. The zero-order chi connectivity index (χ0) is 11.5. The van der Waals surface area contributed by atoms with Crippen molar-refractivity contribution in [2.24, 2.45) is 5.92 Å². The second kappa shape index (κ2) is 4.83. The van der Waals surface area contributed by atoms with Gasteiger partial charge >= 0.3 is 0 Å². The molecule has 1 heterocycles. The minimum atomic E-state index is -0.110. The van der Waals surface area contributed by atoms with E-state index in [4.69, 9.17) is 11.6 Å². The van der Waals surface area contributed by atoms with E-state index in [2.05, 4.69) is 11.7 Å². The molecule has 0 radical (unpaired) electrons. The van der Waals surface area contributed by atoms with Crippen LogP contribution in [0.2, 0.25) is 5.15 Å². The number of nitrogens with zero attached hydrogens (tertiary/aromatic N) is 2. The van der Waals surface area contributed by atoms with Gasteiger partial charge in [-0.15, -0.1) is 6.58 Å². The standard InChI is InChI=1S/C12H15ClN2O/c1-2-10(9-5-3-4-6-9)15-12(16)8-7-11(13)14-15/h2,7-10H,1,3-6H2. The van der Waals surface area contributed by atoms with Crippen molar-refractivity contribution in [3.63, 3.8) is 0 Å². The molecule has 1 unspecified atom stereocenters. The van der Waals surface area contributed by atoms with Crippen LogP contribution < -0.4 is 5.56 Å². The summed E-state index contributed by atoms with van der Waals surface area (Å²) in [7, 11) is 0. The molecule has 1 saturated carbocycles. The Labute approximate surface area is 99.7 Å². The number of hydrogen-bond donors (Lipinski definition) is 0. The lowest BCUT2D eigenvalue weighted by Gasteiger charge is -2.20. The van der Waals surface area contributed by atoms with Gasteiger partial charge in [-0.05, 0) is 24.8 Å². The van der Waals surface area contributed by atoms with Crippen LogP contribution in [-0.2, 0) is 0 Å². The Hall–Kier alpha value is -1.09. The zero-order valence-corrected chi connectivity index (χ0v) is 9.86. The highest BCUT2D eigenvalue weighted by Gasteiger charge is 2.25. The van der Waals surface area contributed by atoms with Crippen LogP contribution in [0.4, 0.5) is 0 Å². The first-order chi connectivity index (χ1) is 7.72. The molecular weight excluding hydrogens is 224 g/mol. The normalized spacial score (nSPS) is 18.6. The van der Waals surface area contributed by atoms with E-state index in [1.807, 2.05) is 0 Å². The van der Waals surface area contributed by atoms with Crippen molar-refractivity contribution in [2.45, 2.75) is 31.7 Å². The van der Waals surface area contributed by atoms with Gasteiger partial charge in [0.05, 0.1) is 6.04 Å². The number of halogens is 1. The first-order valence-electron chi connectivity index (χ1n) is 5.60. The van der Waals surface area contributed by atoms with Gasteiger partial charge in [0.2, 0.25) is 0 Å². The van der Waals surface area contributed by atoms with E-state index < -0.39 is 0 Å². The largest absolute Gasteiger partial charge is 0.268 e. The van der Waals surface area contributed by atoms with Crippen LogP contribution in [0.1, 0.15) is 31.7 Å². The molecule has 0 bridgehead atoms. The molecule has 1 atom stereocenters. The van der Waals surface area contributed by atoms with Crippen LogP contribution in [-0.4, -0.2) is 9.78 Å². The van der Waals surface area contributed by atoms with E-state index in [0.717, 1.165) is 12.8 Å². The summed E-state index contributed by atoms with van der Waals surface area (Å²) >= 11 is 5.82. The van der Waals surface area contributed by atoms with Crippen molar-refractivity contribution < 1.29 is 0 Å². The molecule has 86 valence electrons. The molecule has 1 fully saturated rings. The quantitative estimate of drug-likeness (QED) is 0.759. The van der Waals surface area contributed by atoms with Gasteiger partial charge in [0.25, 0.3) is 5.56 Å². The molecule has 1 aromatic rings. The van der Waals surface area contributed by atoms with Gasteiger partial charge in [-0.3, -0.25) is 4.79 Å². The molecule has 1 aliphatic carbocycles. The van der Waals surface area contributed by atoms with E-state index in [1.165, 1.54) is 29.7 Å². The Morgan fingerprint density at radius 2 is 2.19 bits per heavy atom. The van der Waals surface area contributed by atoms with Crippen molar-refractivity contribution in [1.29, 1.82) is 0 Å². The Kier molecular flexibility index (Phi) is 3.44. The summed E-state index contributed by atoms with van der Waals surface area (Å²) in [6.45, 7) is 3.81. The Morgan fingerprint density at radius 3 is 2.81 bits per heavy atom. The highest BCUT2D eigenvalue weighted by atomic mass is 35.5. The van der Waals surface area contributed by atoms with E-state index in [-0.39, 0.29) is 11.6 Å². The number of aromatic nitrogens is 2. The fourth-order valence-electron chi connectivity index (χ4n) is 2.41. The molecule has 4 heteroatoms. The smallest absolute Gasteiger partial charge is 0.267 e. The Morgan fingerprint density at radius 1 is 1.50 bits per heavy atom. The fraction of sp³-hybridized carbons (Fsp3) is 0.500. The van der Waals surface area contributed by atoms with Crippen LogP contribution >= 0.6 is 11.6 Å². The molecule has 16 heavy (non-hydrogen) atoms. The van der Waals surface area contributed by atoms with Gasteiger partial charge in [0.1, 0.15) is 5.15 Å². The molecule has 0 spiro atoms. The molecule has 3 nitrogen and oxygen atoms in total. The lowest BCUT2D eigenvalue weighted by molar-refractivity contribution is 0.357. The van der Waals surface area contributed by atoms with Crippen molar-refractivity contribution >= 4 is 11.6 Å². The minimum absolute atomic E-state index is 0.0197. The lowest BCUT2D eigenvalue weighted by atomic mass is 9.98. The van der Waals surface area contributed by atoms with Crippen LogP contribution in [0.5, 0.6) is 0 Å². The van der Waals surface area contributed by atoms with Crippen molar-refractivity contribution in [1.82, 2.24) is 9.78 Å². The topological polar surface area (TPSA) is 34.9 Å².